The van der Waals surface area contributed by atoms with Crippen molar-refractivity contribution in [1.82, 2.24) is 19.7 Å². The molecular weight excluding hydrogens is 408 g/mol. The van der Waals surface area contributed by atoms with Crippen molar-refractivity contribution in [3.8, 4) is 5.75 Å². The molecule has 2 aliphatic rings. The van der Waals surface area contributed by atoms with Gasteiger partial charge in [-0.15, -0.1) is 0 Å². The summed E-state index contributed by atoms with van der Waals surface area (Å²) in [5.74, 6) is 0.237. The molecule has 1 aromatic heterocycles. The molecule has 3 amide bonds. The number of nitrogens with zero attached hydrogens (tertiary/aromatic N) is 4. The van der Waals surface area contributed by atoms with Crippen LogP contribution in [0.3, 0.4) is 0 Å². The van der Waals surface area contributed by atoms with Gasteiger partial charge < -0.3 is 19.4 Å². The second-order valence-electron chi connectivity index (χ2n) is 8.28. The van der Waals surface area contributed by atoms with Crippen molar-refractivity contribution >= 4 is 17.7 Å². The van der Waals surface area contributed by atoms with Gasteiger partial charge in [0, 0.05) is 58.5 Å². The van der Waals surface area contributed by atoms with E-state index >= 15 is 0 Å². The number of rotatable bonds is 4. The molecule has 1 atom stereocenters. The fraction of sp³-hybridized carbons (Fsp3) is 0.417. The lowest BCUT2D eigenvalue weighted by Gasteiger charge is -2.37. The lowest BCUT2D eigenvalue weighted by Crippen LogP contribution is -2.56. The molecule has 2 saturated heterocycles. The van der Waals surface area contributed by atoms with E-state index in [4.69, 9.17) is 4.74 Å². The lowest BCUT2D eigenvalue weighted by atomic mass is 10.1. The second-order valence-corrected chi connectivity index (χ2v) is 8.28. The average molecular weight is 437 g/mol. The molecule has 0 aliphatic carbocycles. The molecule has 0 radical (unpaired) electrons. The Morgan fingerprint density at radius 1 is 1.00 bits per heavy atom. The summed E-state index contributed by atoms with van der Waals surface area (Å²) in [4.78, 5) is 47.3. The fourth-order valence-corrected chi connectivity index (χ4v) is 4.22. The Hall–Kier alpha value is -3.42. The number of pyridine rings is 1. The summed E-state index contributed by atoms with van der Waals surface area (Å²) in [7, 11) is 1.75. The van der Waals surface area contributed by atoms with Gasteiger partial charge in [-0.05, 0) is 31.2 Å². The SMILES string of the molecule is C[C@H]1C(=O)N(C)CCN1C(=O)c1ccccc1OC1CCN(C(=O)c2cccnc2)CC1. The van der Waals surface area contributed by atoms with Crippen molar-refractivity contribution in [2.24, 2.45) is 0 Å². The van der Waals surface area contributed by atoms with E-state index in [1.54, 1.807) is 66.5 Å². The van der Waals surface area contributed by atoms with Crippen LogP contribution >= 0.6 is 0 Å². The largest absolute Gasteiger partial charge is 0.489 e. The molecule has 0 saturated carbocycles. The van der Waals surface area contributed by atoms with E-state index in [-0.39, 0.29) is 23.8 Å². The molecule has 1 aromatic carbocycles. The van der Waals surface area contributed by atoms with Crippen molar-refractivity contribution in [3.05, 3.63) is 59.9 Å². The van der Waals surface area contributed by atoms with Gasteiger partial charge in [-0.3, -0.25) is 19.4 Å². The van der Waals surface area contributed by atoms with E-state index in [1.165, 1.54) is 0 Å². The van der Waals surface area contributed by atoms with Crippen LogP contribution in [0.4, 0.5) is 0 Å². The highest BCUT2D eigenvalue weighted by Gasteiger charge is 2.34. The van der Waals surface area contributed by atoms with Crippen molar-refractivity contribution in [2.45, 2.75) is 31.9 Å². The number of piperazine rings is 1. The summed E-state index contributed by atoms with van der Waals surface area (Å²) in [6.07, 6.45) is 4.50. The van der Waals surface area contributed by atoms with Gasteiger partial charge in [-0.1, -0.05) is 12.1 Å². The number of likely N-dealkylation sites (N-methyl/N-ethyl adjacent to an activating group) is 1. The van der Waals surface area contributed by atoms with Gasteiger partial charge in [0.15, 0.2) is 0 Å². The highest BCUT2D eigenvalue weighted by Crippen LogP contribution is 2.26. The summed E-state index contributed by atoms with van der Waals surface area (Å²) in [5, 5.41) is 0. The highest BCUT2D eigenvalue weighted by atomic mass is 16.5. The number of amides is 3. The maximum absolute atomic E-state index is 13.2. The van der Waals surface area contributed by atoms with Gasteiger partial charge in [0.2, 0.25) is 5.91 Å². The van der Waals surface area contributed by atoms with E-state index in [9.17, 15) is 14.4 Å². The summed E-state index contributed by atoms with van der Waals surface area (Å²) in [6.45, 7) is 3.93. The topological polar surface area (TPSA) is 83.1 Å². The van der Waals surface area contributed by atoms with Crippen LogP contribution in [0, 0.1) is 0 Å². The fourth-order valence-electron chi connectivity index (χ4n) is 4.22. The molecule has 8 heteroatoms. The molecule has 0 spiro atoms. The van der Waals surface area contributed by atoms with Crippen LogP contribution in [0.1, 0.15) is 40.5 Å². The average Bonchev–Trinajstić information content (AvgIpc) is 2.83. The molecule has 3 heterocycles. The predicted molar refractivity (Wildman–Crippen MR) is 118 cm³/mol. The van der Waals surface area contributed by atoms with Crippen LogP contribution in [0.25, 0.3) is 0 Å². The van der Waals surface area contributed by atoms with Crippen LogP contribution in [-0.4, -0.2) is 82.8 Å². The van der Waals surface area contributed by atoms with Crippen molar-refractivity contribution in [3.63, 3.8) is 0 Å². The molecule has 8 nitrogen and oxygen atoms in total. The molecule has 0 N–H and O–H groups in total. The monoisotopic (exact) mass is 436 g/mol. The Bertz CT molecular complexity index is 989. The van der Waals surface area contributed by atoms with E-state index in [1.807, 2.05) is 11.0 Å². The predicted octanol–water partition coefficient (Wildman–Crippen LogP) is 2.07. The van der Waals surface area contributed by atoms with E-state index in [2.05, 4.69) is 4.98 Å². The van der Waals surface area contributed by atoms with Crippen LogP contribution in [0.2, 0.25) is 0 Å². The number of ether oxygens (including phenoxy) is 1. The molecule has 2 aliphatic heterocycles. The van der Waals surface area contributed by atoms with Crippen LogP contribution in [-0.2, 0) is 4.79 Å². The molecule has 32 heavy (non-hydrogen) atoms. The Kier molecular flexibility index (Phi) is 6.39. The number of benzene rings is 1. The lowest BCUT2D eigenvalue weighted by molar-refractivity contribution is -0.137. The van der Waals surface area contributed by atoms with E-state index in [0.717, 1.165) is 0 Å². The number of hydrogen-bond acceptors (Lipinski definition) is 5. The number of hydrogen-bond donors (Lipinski definition) is 0. The molecule has 168 valence electrons. The first-order chi connectivity index (χ1) is 15.5. The molecule has 0 unspecified atom stereocenters. The van der Waals surface area contributed by atoms with Gasteiger partial charge >= 0.3 is 0 Å². The zero-order chi connectivity index (χ0) is 22.7. The first-order valence-corrected chi connectivity index (χ1v) is 11.0. The number of piperidine rings is 1. The Morgan fingerprint density at radius 2 is 1.75 bits per heavy atom. The minimum atomic E-state index is -0.504. The molecule has 0 bridgehead atoms. The summed E-state index contributed by atoms with van der Waals surface area (Å²) in [5.41, 5.74) is 1.05. The van der Waals surface area contributed by atoms with Gasteiger partial charge in [0.25, 0.3) is 11.8 Å². The molecule has 4 rings (SSSR count). The first-order valence-electron chi connectivity index (χ1n) is 11.0. The van der Waals surface area contributed by atoms with Crippen molar-refractivity contribution < 1.29 is 19.1 Å². The third kappa shape index (κ3) is 4.44. The van der Waals surface area contributed by atoms with Gasteiger partial charge in [0.05, 0.1) is 11.1 Å². The number of carbonyl (C=O) groups excluding carboxylic acids is 3. The number of para-hydroxylation sites is 1. The van der Waals surface area contributed by atoms with Crippen LogP contribution < -0.4 is 4.74 Å². The highest BCUT2D eigenvalue weighted by molar-refractivity contribution is 6.00. The summed E-state index contributed by atoms with van der Waals surface area (Å²) < 4.78 is 6.22. The zero-order valence-electron chi connectivity index (χ0n) is 18.4. The van der Waals surface area contributed by atoms with Gasteiger partial charge in [-0.25, -0.2) is 0 Å². The van der Waals surface area contributed by atoms with Gasteiger partial charge in [0.1, 0.15) is 17.9 Å². The van der Waals surface area contributed by atoms with Crippen LogP contribution in [0.15, 0.2) is 48.8 Å². The number of aromatic nitrogens is 1. The van der Waals surface area contributed by atoms with Crippen molar-refractivity contribution in [1.29, 1.82) is 0 Å². The standard InChI is InChI=1S/C24H28N4O4/c1-17-22(29)26(2)14-15-28(17)24(31)20-7-3-4-8-21(20)32-19-9-12-27(13-10-19)23(30)18-6-5-11-25-16-18/h3-8,11,16-17,19H,9-10,12-15H2,1-2H3/t17-/m0/s1. The Morgan fingerprint density at radius 3 is 2.47 bits per heavy atom. The van der Waals surface area contributed by atoms with Crippen molar-refractivity contribution in [2.75, 3.05) is 33.2 Å². The summed E-state index contributed by atoms with van der Waals surface area (Å²) >= 11 is 0. The second kappa shape index (κ2) is 9.38. The smallest absolute Gasteiger partial charge is 0.258 e. The number of carbonyl (C=O) groups is 3. The maximum atomic E-state index is 13.2. The molecular formula is C24H28N4O4. The summed E-state index contributed by atoms with van der Waals surface area (Å²) in [6, 6.07) is 10.2. The Labute approximate surface area is 187 Å². The zero-order valence-corrected chi connectivity index (χ0v) is 18.4. The molecule has 2 fully saturated rings. The quantitative estimate of drug-likeness (QED) is 0.733. The van der Waals surface area contributed by atoms with E-state index in [0.29, 0.717) is 55.9 Å². The first kappa shape index (κ1) is 21.8. The maximum Gasteiger partial charge on any atom is 0.258 e. The minimum absolute atomic E-state index is 0.0270. The number of likely N-dealkylation sites (tertiary alicyclic amines) is 1. The van der Waals surface area contributed by atoms with Crippen LogP contribution in [0.5, 0.6) is 5.75 Å². The minimum Gasteiger partial charge on any atom is -0.489 e. The normalized spacial score (nSPS) is 19.8. The third-order valence-corrected chi connectivity index (χ3v) is 6.19. The molecule has 2 aromatic rings. The Balaban J connectivity index is 1.40. The van der Waals surface area contributed by atoms with Gasteiger partial charge in [-0.2, -0.15) is 0 Å². The van der Waals surface area contributed by atoms with E-state index < -0.39 is 6.04 Å². The third-order valence-electron chi connectivity index (χ3n) is 6.19.